The van der Waals surface area contributed by atoms with Crippen LogP contribution in [0.25, 0.3) is 0 Å². The zero-order chi connectivity index (χ0) is 18.1. The Morgan fingerprint density at radius 3 is 2.65 bits per heavy atom. The van der Waals surface area contributed by atoms with E-state index < -0.39 is 23.5 Å². The molecule has 1 aliphatic heterocycles. The number of fused-ring (bicyclic) bond motifs is 4. The van der Waals surface area contributed by atoms with Crippen LogP contribution < -0.4 is 0 Å². The lowest BCUT2D eigenvalue weighted by molar-refractivity contribution is -0.129. The molecule has 0 radical (unpaired) electrons. The van der Waals surface area contributed by atoms with Gasteiger partial charge in [0.1, 0.15) is 5.78 Å². The Kier molecular flexibility index (Phi) is 3.75. The Morgan fingerprint density at radius 1 is 1.15 bits per heavy atom. The van der Waals surface area contributed by atoms with E-state index in [1.54, 1.807) is 0 Å². The molecule has 0 unspecified atom stereocenters. The third-order valence-corrected chi connectivity index (χ3v) is 7.80. The number of carbonyl (C=O) groups is 1. The van der Waals surface area contributed by atoms with Crippen molar-refractivity contribution in [1.82, 2.24) is 0 Å². The molecule has 0 amide bonds. The number of rotatable bonds is 1. The number of hydrogen-bond acceptors (Lipinski definition) is 3. The molecule has 1 spiro atoms. The zero-order valence-electron chi connectivity index (χ0n) is 15.2. The average molecular weight is 364 g/mol. The third kappa shape index (κ3) is 2.26. The monoisotopic (exact) mass is 364 g/mol. The summed E-state index contributed by atoms with van der Waals surface area (Å²) in [6.07, 6.45) is 4.55. The third-order valence-electron chi connectivity index (χ3n) is 7.80. The molecular formula is C21H26F2O3. The van der Waals surface area contributed by atoms with Crippen LogP contribution in [0.5, 0.6) is 0 Å². The first-order chi connectivity index (χ1) is 12.4. The van der Waals surface area contributed by atoms with Crippen molar-refractivity contribution in [3.05, 3.63) is 22.8 Å². The molecule has 4 aliphatic carbocycles. The predicted octanol–water partition coefficient (Wildman–Crippen LogP) is 4.43. The fourth-order valence-corrected chi connectivity index (χ4v) is 6.47. The van der Waals surface area contributed by atoms with Gasteiger partial charge in [0.15, 0.2) is 5.79 Å². The van der Waals surface area contributed by atoms with Crippen LogP contribution in [0.4, 0.5) is 8.78 Å². The SMILES string of the molecule is C[C@]12CCC3=C4CCC5(C=C4C[C@@H](C(F)F)[C@H]3[C@@H]1CCC2=O)OCCO5. The number of carbonyl (C=O) groups excluding carboxylic acids is 1. The molecule has 5 aliphatic rings. The van der Waals surface area contributed by atoms with Crippen LogP contribution in [0.2, 0.25) is 0 Å². The fourth-order valence-electron chi connectivity index (χ4n) is 6.47. The van der Waals surface area contributed by atoms with Crippen LogP contribution in [0.3, 0.4) is 0 Å². The van der Waals surface area contributed by atoms with Crippen LogP contribution in [0.15, 0.2) is 22.8 Å². The lowest BCUT2D eigenvalue weighted by Gasteiger charge is -2.50. The van der Waals surface area contributed by atoms with Crippen molar-refractivity contribution in [3.8, 4) is 0 Å². The van der Waals surface area contributed by atoms with E-state index in [1.807, 2.05) is 13.0 Å². The molecule has 4 atom stereocenters. The smallest absolute Gasteiger partial charge is 0.242 e. The van der Waals surface area contributed by atoms with E-state index in [1.165, 1.54) is 11.1 Å². The van der Waals surface area contributed by atoms with E-state index in [0.29, 0.717) is 26.1 Å². The molecule has 26 heavy (non-hydrogen) atoms. The number of alkyl halides is 2. The molecule has 5 heteroatoms. The molecule has 3 fully saturated rings. The Hall–Kier alpha value is -1.07. The summed E-state index contributed by atoms with van der Waals surface area (Å²) >= 11 is 0. The topological polar surface area (TPSA) is 35.5 Å². The second-order valence-electron chi connectivity index (χ2n) is 8.90. The predicted molar refractivity (Wildman–Crippen MR) is 91.7 cm³/mol. The van der Waals surface area contributed by atoms with Crippen molar-refractivity contribution < 1.29 is 23.0 Å². The molecule has 3 nitrogen and oxygen atoms in total. The second-order valence-corrected chi connectivity index (χ2v) is 8.90. The highest BCUT2D eigenvalue weighted by atomic mass is 19.3. The van der Waals surface area contributed by atoms with Gasteiger partial charge in [-0.05, 0) is 61.2 Å². The number of ether oxygens (including phenoxy) is 2. The van der Waals surface area contributed by atoms with Gasteiger partial charge in [0.25, 0.3) is 0 Å². The normalized spacial score (nSPS) is 41.3. The summed E-state index contributed by atoms with van der Waals surface area (Å²) in [7, 11) is 0. The summed E-state index contributed by atoms with van der Waals surface area (Å²) in [5.41, 5.74) is 3.12. The van der Waals surface area contributed by atoms with Crippen molar-refractivity contribution in [1.29, 1.82) is 0 Å². The minimum absolute atomic E-state index is 0.0849. The molecule has 1 saturated heterocycles. The number of allylic oxidation sites excluding steroid dienone is 3. The lowest BCUT2D eigenvalue weighted by atomic mass is 9.54. The van der Waals surface area contributed by atoms with Crippen LogP contribution in [-0.2, 0) is 14.3 Å². The number of Topliss-reactive ketones (excluding diaryl/α,β-unsaturated/α-hetero) is 1. The number of hydrogen-bond donors (Lipinski definition) is 0. The van der Waals surface area contributed by atoms with Crippen molar-refractivity contribution in [3.63, 3.8) is 0 Å². The maximum absolute atomic E-state index is 14.1. The van der Waals surface area contributed by atoms with Crippen LogP contribution in [0, 0.1) is 23.2 Å². The molecule has 0 bridgehead atoms. The largest absolute Gasteiger partial charge is 0.344 e. The van der Waals surface area contributed by atoms with Gasteiger partial charge in [0.05, 0.1) is 13.2 Å². The fraction of sp³-hybridized carbons (Fsp3) is 0.762. The van der Waals surface area contributed by atoms with Crippen molar-refractivity contribution in [2.24, 2.45) is 23.2 Å². The number of halogens is 2. The molecule has 5 rings (SSSR count). The van der Waals surface area contributed by atoms with E-state index in [-0.39, 0.29) is 17.6 Å². The molecule has 1 heterocycles. The standard InChI is InChI=1S/C21H26F2O3/c1-20-6-4-14-13-5-7-21(25-8-9-26-21)11-12(13)10-15(19(22)23)18(14)16(20)2-3-17(20)24/h11,15-16,18-19H,2-10H2,1H3/t15-,16+,18+,20+/m1/s1. The van der Waals surface area contributed by atoms with Crippen LogP contribution in [0.1, 0.15) is 51.9 Å². The van der Waals surface area contributed by atoms with E-state index in [4.69, 9.17) is 9.47 Å². The minimum Gasteiger partial charge on any atom is -0.344 e. The summed E-state index contributed by atoms with van der Waals surface area (Å²) in [6.45, 7) is 3.16. The Balaban J connectivity index is 1.59. The highest BCUT2D eigenvalue weighted by Crippen LogP contribution is 2.61. The molecule has 0 aromatic carbocycles. The summed E-state index contributed by atoms with van der Waals surface area (Å²) < 4.78 is 39.8. The maximum Gasteiger partial charge on any atom is 0.242 e. The molecular weight excluding hydrogens is 338 g/mol. The Labute approximate surface area is 152 Å². The van der Waals surface area contributed by atoms with E-state index >= 15 is 0 Å². The molecule has 0 aromatic rings. The Morgan fingerprint density at radius 2 is 1.92 bits per heavy atom. The van der Waals surface area contributed by atoms with Gasteiger partial charge in [-0.1, -0.05) is 12.5 Å². The van der Waals surface area contributed by atoms with Gasteiger partial charge in [-0.25, -0.2) is 8.78 Å². The first-order valence-electron chi connectivity index (χ1n) is 9.97. The number of ketones is 1. The van der Waals surface area contributed by atoms with Gasteiger partial charge in [0, 0.05) is 24.2 Å². The van der Waals surface area contributed by atoms with E-state index in [0.717, 1.165) is 37.7 Å². The molecule has 0 aromatic heterocycles. The van der Waals surface area contributed by atoms with E-state index in [9.17, 15) is 13.6 Å². The van der Waals surface area contributed by atoms with Gasteiger partial charge in [-0.2, -0.15) is 0 Å². The van der Waals surface area contributed by atoms with Crippen LogP contribution >= 0.6 is 0 Å². The van der Waals surface area contributed by atoms with Crippen molar-refractivity contribution in [2.45, 2.75) is 64.1 Å². The summed E-state index contributed by atoms with van der Waals surface area (Å²) in [4.78, 5) is 12.5. The summed E-state index contributed by atoms with van der Waals surface area (Å²) in [5, 5.41) is 0. The van der Waals surface area contributed by atoms with Gasteiger partial charge < -0.3 is 9.47 Å². The van der Waals surface area contributed by atoms with Gasteiger partial charge in [-0.15, -0.1) is 0 Å². The van der Waals surface area contributed by atoms with Gasteiger partial charge in [-0.3, -0.25) is 4.79 Å². The lowest BCUT2D eigenvalue weighted by Crippen LogP contribution is -2.46. The minimum atomic E-state index is -2.36. The second kappa shape index (κ2) is 5.71. The van der Waals surface area contributed by atoms with Gasteiger partial charge >= 0.3 is 0 Å². The van der Waals surface area contributed by atoms with Crippen molar-refractivity contribution in [2.75, 3.05) is 13.2 Å². The summed E-state index contributed by atoms with van der Waals surface area (Å²) in [6, 6.07) is 0. The average Bonchev–Trinajstić information content (AvgIpc) is 3.18. The van der Waals surface area contributed by atoms with E-state index in [2.05, 4.69) is 0 Å². The zero-order valence-corrected chi connectivity index (χ0v) is 15.2. The highest BCUT2D eigenvalue weighted by molar-refractivity contribution is 5.87. The first kappa shape index (κ1) is 17.1. The highest BCUT2D eigenvalue weighted by Gasteiger charge is 2.57. The molecule has 0 N–H and O–H groups in total. The first-order valence-corrected chi connectivity index (χ1v) is 9.97. The summed E-state index contributed by atoms with van der Waals surface area (Å²) in [5.74, 6) is -1.14. The molecule has 142 valence electrons. The maximum atomic E-state index is 14.1. The quantitative estimate of drug-likeness (QED) is 0.691. The molecule has 2 saturated carbocycles. The Bertz CT molecular complexity index is 704. The van der Waals surface area contributed by atoms with Crippen LogP contribution in [-0.4, -0.2) is 31.2 Å². The van der Waals surface area contributed by atoms with Crippen molar-refractivity contribution >= 4 is 5.78 Å². The van der Waals surface area contributed by atoms with Gasteiger partial charge in [0.2, 0.25) is 6.43 Å².